The van der Waals surface area contributed by atoms with E-state index in [1.807, 2.05) is 0 Å². The molecule has 0 fully saturated rings. The first-order chi connectivity index (χ1) is 12.8. The van der Waals surface area contributed by atoms with Gasteiger partial charge in [-0.15, -0.1) is 20.2 Å². The minimum atomic E-state index is -1.13. The van der Waals surface area contributed by atoms with Crippen molar-refractivity contribution in [2.24, 2.45) is 0 Å². The van der Waals surface area contributed by atoms with Crippen molar-refractivity contribution >= 4 is 11.8 Å². The molecule has 14 nitrogen and oxygen atoms in total. The SMILES string of the molecule is O=C(OCCCCC(CO[N+](=O)[O-])O[N+](=O)[O-])Oc1ccc([N+](=O)[O-])cc1. The molecule has 1 atom stereocenters. The Morgan fingerprint density at radius 3 is 2.22 bits per heavy atom. The normalized spacial score (nSPS) is 11.1. The molecule has 0 saturated heterocycles. The van der Waals surface area contributed by atoms with E-state index >= 15 is 0 Å². The van der Waals surface area contributed by atoms with Crippen molar-refractivity contribution in [2.75, 3.05) is 13.2 Å². The van der Waals surface area contributed by atoms with E-state index in [9.17, 15) is 35.1 Å². The van der Waals surface area contributed by atoms with Gasteiger partial charge in [-0.1, -0.05) is 0 Å². The van der Waals surface area contributed by atoms with Crippen molar-refractivity contribution in [1.29, 1.82) is 0 Å². The van der Waals surface area contributed by atoms with E-state index in [0.717, 1.165) is 12.1 Å². The summed E-state index contributed by atoms with van der Waals surface area (Å²) in [5, 5.41) is 28.7. The largest absolute Gasteiger partial charge is 0.513 e. The third kappa shape index (κ3) is 9.37. The number of nitro benzene ring substituents is 1. The molecule has 14 heteroatoms. The van der Waals surface area contributed by atoms with Gasteiger partial charge in [0.25, 0.3) is 15.9 Å². The molecule has 0 aromatic heterocycles. The van der Waals surface area contributed by atoms with Gasteiger partial charge in [-0.3, -0.25) is 10.1 Å². The maximum Gasteiger partial charge on any atom is 0.513 e. The molecule has 148 valence electrons. The summed E-state index contributed by atoms with van der Waals surface area (Å²) < 4.78 is 9.58. The summed E-state index contributed by atoms with van der Waals surface area (Å²) >= 11 is 0. The van der Waals surface area contributed by atoms with Crippen molar-refractivity contribution in [3.8, 4) is 5.75 Å². The minimum absolute atomic E-state index is 0.0574. The van der Waals surface area contributed by atoms with Crippen LogP contribution in [0.3, 0.4) is 0 Å². The molecule has 0 saturated carbocycles. The van der Waals surface area contributed by atoms with E-state index in [-0.39, 0.29) is 30.9 Å². The molecule has 0 N–H and O–H groups in total. The molecule has 27 heavy (non-hydrogen) atoms. The van der Waals surface area contributed by atoms with Gasteiger partial charge < -0.3 is 19.1 Å². The molecule has 0 heterocycles. The lowest BCUT2D eigenvalue weighted by Crippen LogP contribution is -2.24. The number of benzene rings is 1. The maximum atomic E-state index is 11.5. The fourth-order valence-electron chi connectivity index (χ4n) is 1.82. The Morgan fingerprint density at radius 1 is 1.00 bits per heavy atom. The quantitative estimate of drug-likeness (QED) is 0.167. The van der Waals surface area contributed by atoms with Crippen LogP contribution in [-0.4, -0.2) is 40.6 Å². The minimum Gasteiger partial charge on any atom is -0.434 e. The number of ether oxygens (including phenoxy) is 2. The van der Waals surface area contributed by atoms with Gasteiger partial charge in [0.15, 0.2) is 0 Å². The summed E-state index contributed by atoms with van der Waals surface area (Å²) in [6.45, 7) is -0.676. The van der Waals surface area contributed by atoms with Crippen LogP contribution in [0.5, 0.6) is 5.75 Å². The Morgan fingerprint density at radius 2 is 1.67 bits per heavy atom. The highest BCUT2D eigenvalue weighted by Gasteiger charge is 2.16. The Bertz CT molecular complexity index is 664. The number of hydrogen-bond donors (Lipinski definition) is 0. The average molecular weight is 389 g/mol. The molecular formula is C13H15N3O11. The molecule has 0 bridgehead atoms. The summed E-state index contributed by atoms with van der Waals surface area (Å²) in [5.41, 5.74) is -0.164. The molecule has 0 aliphatic carbocycles. The second-order valence-corrected chi connectivity index (χ2v) is 4.92. The van der Waals surface area contributed by atoms with Crippen LogP contribution in [0.1, 0.15) is 19.3 Å². The van der Waals surface area contributed by atoms with Crippen molar-refractivity contribution in [3.05, 3.63) is 54.6 Å². The maximum absolute atomic E-state index is 11.5. The van der Waals surface area contributed by atoms with E-state index in [1.54, 1.807) is 0 Å². The van der Waals surface area contributed by atoms with Crippen molar-refractivity contribution < 1.29 is 39.0 Å². The number of carbonyl (C=O) groups is 1. The highest BCUT2D eigenvalue weighted by Crippen LogP contribution is 2.17. The predicted octanol–water partition coefficient (Wildman–Crippen LogP) is 2.07. The lowest BCUT2D eigenvalue weighted by molar-refractivity contribution is -0.790. The van der Waals surface area contributed by atoms with E-state index in [4.69, 9.17) is 9.47 Å². The lowest BCUT2D eigenvalue weighted by atomic mass is 10.2. The van der Waals surface area contributed by atoms with Crippen molar-refractivity contribution in [3.63, 3.8) is 0 Å². The summed E-state index contributed by atoms with van der Waals surface area (Å²) in [5.74, 6) is 0.0574. The van der Waals surface area contributed by atoms with Gasteiger partial charge in [-0.25, -0.2) is 4.79 Å². The number of hydrogen-bond acceptors (Lipinski definition) is 11. The molecule has 0 radical (unpaired) electrons. The number of nitro groups is 1. The molecule has 0 aliphatic rings. The van der Waals surface area contributed by atoms with E-state index in [2.05, 4.69) is 9.68 Å². The summed E-state index contributed by atoms with van der Waals surface area (Å²) in [4.78, 5) is 50.0. The van der Waals surface area contributed by atoms with Gasteiger partial charge >= 0.3 is 6.16 Å². The van der Waals surface area contributed by atoms with Crippen LogP contribution in [0.4, 0.5) is 10.5 Å². The highest BCUT2D eigenvalue weighted by atomic mass is 17.0. The third-order valence-electron chi connectivity index (χ3n) is 2.99. The van der Waals surface area contributed by atoms with E-state index < -0.39 is 34.0 Å². The average Bonchev–Trinajstić information content (AvgIpc) is 2.59. The number of nitrogens with zero attached hydrogens (tertiary/aromatic N) is 3. The molecule has 0 amide bonds. The van der Waals surface area contributed by atoms with Gasteiger partial charge in [-0.2, -0.15) is 0 Å². The summed E-state index contributed by atoms with van der Waals surface area (Å²) in [6.07, 6.45) is -1.51. The Kier molecular flexibility index (Phi) is 8.70. The second kappa shape index (κ2) is 11.0. The number of rotatable bonds is 12. The molecule has 0 aliphatic heterocycles. The number of non-ortho nitro benzene ring substituents is 1. The smallest absolute Gasteiger partial charge is 0.434 e. The molecular weight excluding hydrogens is 374 g/mol. The summed E-state index contributed by atoms with van der Waals surface area (Å²) in [6, 6.07) is 4.78. The lowest BCUT2D eigenvalue weighted by Gasteiger charge is -2.13. The van der Waals surface area contributed by atoms with Crippen LogP contribution in [0.2, 0.25) is 0 Å². The van der Waals surface area contributed by atoms with Gasteiger partial charge in [0.2, 0.25) is 0 Å². The molecule has 0 spiro atoms. The number of carbonyl (C=O) groups excluding carboxylic acids is 1. The van der Waals surface area contributed by atoms with Crippen molar-refractivity contribution in [2.45, 2.75) is 25.4 Å². The van der Waals surface area contributed by atoms with E-state index in [1.165, 1.54) is 12.1 Å². The third-order valence-corrected chi connectivity index (χ3v) is 2.99. The first kappa shape index (κ1) is 21.3. The summed E-state index contributed by atoms with van der Waals surface area (Å²) in [7, 11) is 0. The van der Waals surface area contributed by atoms with Gasteiger partial charge in [-0.05, 0) is 31.4 Å². The van der Waals surface area contributed by atoms with Crippen LogP contribution >= 0.6 is 0 Å². The number of unbranched alkanes of at least 4 members (excludes halogenated alkanes) is 1. The standard InChI is InChI=1S/C13H15N3O11/c17-13(26-11-6-4-10(5-7-11)14(18)19)24-8-2-1-3-12(27-16(22)23)9-25-15(20)21/h4-7,12H,1-3,8-9H2. The zero-order chi connectivity index (χ0) is 20.2. The van der Waals surface area contributed by atoms with Crippen LogP contribution < -0.4 is 4.74 Å². The fourth-order valence-corrected chi connectivity index (χ4v) is 1.82. The van der Waals surface area contributed by atoms with Crippen molar-refractivity contribution in [1.82, 2.24) is 0 Å². The van der Waals surface area contributed by atoms with Gasteiger partial charge in [0.1, 0.15) is 18.5 Å². The first-order valence-corrected chi connectivity index (χ1v) is 7.45. The van der Waals surface area contributed by atoms with Gasteiger partial charge in [0.05, 0.1) is 11.5 Å². The van der Waals surface area contributed by atoms with Crippen LogP contribution in [0, 0.1) is 30.3 Å². The van der Waals surface area contributed by atoms with Crippen LogP contribution in [0.15, 0.2) is 24.3 Å². The zero-order valence-electron chi connectivity index (χ0n) is 13.8. The Balaban J connectivity index is 2.26. The topological polar surface area (TPSA) is 183 Å². The van der Waals surface area contributed by atoms with E-state index in [0.29, 0.717) is 6.42 Å². The highest BCUT2D eigenvalue weighted by molar-refractivity contribution is 5.63. The molecule has 1 unspecified atom stereocenters. The van der Waals surface area contributed by atoms with Gasteiger partial charge in [0, 0.05) is 12.1 Å². The molecule has 1 aromatic rings. The Hall–Kier alpha value is -3.71. The molecule has 1 rings (SSSR count). The zero-order valence-corrected chi connectivity index (χ0v) is 13.8. The predicted molar refractivity (Wildman–Crippen MR) is 83.7 cm³/mol. The Labute approximate surface area is 150 Å². The first-order valence-electron chi connectivity index (χ1n) is 7.45. The van der Waals surface area contributed by atoms with Crippen LogP contribution in [-0.2, 0) is 14.4 Å². The second-order valence-electron chi connectivity index (χ2n) is 4.92. The molecule has 1 aromatic carbocycles. The monoisotopic (exact) mass is 389 g/mol. The fraction of sp³-hybridized carbons (Fsp3) is 0.462. The van der Waals surface area contributed by atoms with Crippen LogP contribution in [0.25, 0.3) is 0 Å².